The number of aliphatic hydroxyl groups excluding tert-OH is 1. The first kappa shape index (κ1) is 17.8. The number of carbonyl (C=O) groups is 2. The van der Waals surface area contributed by atoms with Crippen LogP contribution in [-0.2, 0) is 16.1 Å². The van der Waals surface area contributed by atoms with Crippen molar-refractivity contribution in [1.82, 2.24) is 4.90 Å². The van der Waals surface area contributed by atoms with Crippen LogP contribution in [0.25, 0.3) is 5.76 Å². The van der Waals surface area contributed by atoms with Crippen molar-refractivity contribution >= 4 is 17.4 Å². The number of benzene rings is 2. The van der Waals surface area contributed by atoms with Crippen molar-refractivity contribution in [2.45, 2.75) is 19.5 Å². The average molecular weight is 373 g/mol. The Morgan fingerprint density at radius 2 is 1.71 bits per heavy atom. The van der Waals surface area contributed by atoms with Crippen LogP contribution in [0.5, 0.6) is 0 Å². The number of nitrogens with zero attached hydrogens (tertiary/aromatic N) is 1. The van der Waals surface area contributed by atoms with E-state index >= 15 is 0 Å². The van der Waals surface area contributed by atoms with E-state index in [9.17, 15) is 14.7 Å². The molecule has 1 saturated heterocycles. The van der Waals surface area contributed by atoms with Crippen molar-refractivity contribution in [3.8, 4) is 0 Å². The van der Waals surface area contributed by atoms with Gasteiger partial charge in [0.05, 0.1) is 24.4 Å². The molecule has 1 unspecified atom stereocenters. The van der Waals surface area contributed by atoms with Crippen LogP contribution < -0.4 is 0 Å². The van der Waals surface area contributed by atoms with Gasteiger partial charge in [0.2, 0.25) is 0 Å². The monoisotopic (exact) mass is 373 g/mol. The normalized spacial score (nSPS) is 18.6. The molecule has 1 N–H and O–H groups in total. The lowest BCUT2D eigenvalue weighted by atomic mass is 9.95. The zero-order valence-electron chi connectivity index (χ0n) is 15.3. The quantitative estimate of drug-likeness (QED) is 0.422. The molecule has 0 spiro atoms. The Bertz CT molecular complexity index is 1030. The number of aliphatic hydroxyl groups is 1. The first-order valence-corrected chi connectivity index (χ1v) is 8.99. The summed E-state index contributed by atoms with van der Waals surface area (Å²) in [4.78, 5) is 27.1. The Morgan fingerprint density at radius 1 is 1.00 bits per heavy atom. The van der Waals surface area contributed by atoms with Gasteiger partial charge in [-0.15, -0.1) is 0 Å². The molecule has 4 rings (SSSR count). The van der Waals surface area contributed by atoms with Crippen LogP contribution >= 0.6 is 0 Å². The molecule has 0 saturated carbocycles. The van der Waals surface area contributed by atoms with Crippen LogP contribution in [-0.4, -0.2) is 21.7 Å². The van der Waals surface area contributed by atoms with E-state index in [1.165, 1.54) is 11.2 Å². The molecule has 1 amide bonds. The standard InChI is InChI=1S/C23H19NO4/c1-15-9-11-17(12-10-15)21(25)19-20(16-6-3-2-4-7-16)24(23(27)22(19)26)14-18-8-5-13-28-18/h2-13,20,25H,14H2,1H3/b21-19+. The van der Waals surface area contributed by atoms with E-state index in [1.807, 2.05) is 49.4 Å². The van der Waals surface area contributed by atoms with Crippen LogP contribution in [0.15, 0.2) is 83.0 Å². The number of amides is 1. The van der Waals surface area contributed by atoms with Crippen molar-refractivity contribution in [2.24, 2.45) is 0 Å². The Balaban J connectivity index is 1.85. The van der Waals surface area contributed by atoms with E-state index in [-0.39, 0.29) is 17.9 Å². The van der Waals surface area contributed by atoms with Crippen LogP contribution in [0.3, 0.4) is 0 Å². The molecule has 0 radical (unpaired) electrons. The molecule has 1 fully saturated rings. The predicted octanol–water partition coefficient (Wildman–Crippen LogP) is 4.21. The highest BCUT2D eigenvalue weighted by Gasteiger charge is 2.46. The first-order chi connectivity index (χ1) is 13.6. The zero-order chi connectivity index (χ0) is 19.7. The van der Waals surface area contributed by atoms with Gasteiger partial charge in [-0.1, -0.05) is 60.2 Å². The number of hydrogen-bond donors (Lipinski definition) is 1. The second kappa shape index (κ2) is 7.19. The molecule has 0 aliphatic carbocycles. The second-order valence-electron chi connectivity index (χ2n) is 6.78. The molecule has 2 heterocycles. The Kier molecular flexibility index (Phi) is 4.57. The van der Waals surface area contributed by atoms with E-state index in [1.54, 1.807) is 24.3 Å². The molecular weight excluding hydrogens is 354 g/mol. The molecule has 3 aromatic rings. The van der Waals surface area contributed by atoms with E-state index in [2.05, 4.69) is 0 Å². The fraction of sp³-hybridized carbons (Fsp3) is 0.130. The van der Waals surface area contributed by atoms with Gasteiger partial charge in [0, 0.05) is 5.56 Å². The number of likely N-dealkylation sites (tertiary alicyclic amines) is 1. The van der Waals surface area contributed by atoms with Gasteiger partial charge in [-0.3, -0.25) is 9.59 Å². The fourth-order valence-electron chi connectivity index (χ4n) is 3.46. The van der Waals surface area contributed by atoms with Crippen LogP contribution in [0.1, 0.15) is 28.5 Å². The van der Waals surface area contributed by atoms with Gasteiger partial charge in [-0.25, -0.2) is 0 Å². The Morgan fingerprint density at radius 3 is 2.36 bits per heavy atom. The molecule has 28 heavy (non-hydrogen) atoms. The summed E-state index contributed by atoms with van der Waals surface area (Å²) in [6.45, 7) is 2.08. The van der Waals surface area contributed by atoms with Gasteiger partial charge in [0.1, 0.15) is 11.5 Å². The number of carbonyl (C=O) groups excluding carboxylic acids is 2. The maximum absolute atomic E-state index is 12.9. The lowest BCUT2D eigenvalue weighted by Gasteiger charge is -2.24. The third kappa shape index (κ3) is 3.11. The molecule has 1 aliphatic rings. The minimum Gasteiger partial charge on any atom is -0.507 e. The summed E-state index contributed by atoms with van der Waals surface area (Å²) >= 11 is 0. The lowest BCUT2D eigenvalue weighted by Crippen LogP contribution is -2.29. The molecule has 0 bridgehead atoms. The minimum absolute atomic E-state index is 0.0895. The summed E-state index contributed by atoms with van der Waals surface area (Å²) < 4.78 is 5.37. The van der Waals surface area contributed by atoms with Gasteiger partial charge in [0.15, 0.2) is 0 Å². The van der Waals surface area contributed by atoms with Crippen molar-refractivity contribution < 1.29 is 19.1 Å². The molecule has 5 nitrogen and oxygen atoms in total. The van der Waals surface area contributed by atoms with E-state index in [4.69, 9.17) is 4.42 Å². The largest absolute Gasteiger partial charge is 0.507 e. The van der Waals surface area contributed by atoms with Gasteiger partial charge in [-0.2, -0.15) is 0 Å². The number of Topliss-reactive ketones (excluding diaryl/α,β-unsaturated/α-hetero) is 1. The Labute approximate surface area is 162 Å². The summed E-state index contributed by atoms with van der Waals surface area (Å²) in [7, 11) is 0. The molecular formula is C23H19NO4. The number of aryl methyl sites for hydroxylation is 1. The van der Waals surface area contributed by atoms with E-state index in [0.29, 0.717) is 11.3 Å². The van der Waals surface area contributed by atoms with Gasteiger partial charge >= 0.3 is 0 Å². The summed E-state index contributed by atoms with van der Waals surface area (Å²) in [5, 5.41) is 10.9. The van der Waals surface area contributed by atoms with Crippen molar-refractivity contribution in [1.29, 1.82) is 0 Å². The highest BCUT2D eigenvalue weighted by molar-refractivity contribution is 6.46. The molecule has 5 heteroatoms. The summed E-state index contributed by atoms with van der Waals surface area (Å²) in [6.07, 6.45) is 1.52. The highest BCUT2D eigenvalue weighted by Crippen LogP contribution is 2.40. The van der Waals surface area contributed by atoms with Crippen molar-refractivity contribution in [2.75, 3.05) is 0 Å². The maximum atomic E-state index is 12.9. The number of hydrogen-bond acceptors (Lipinski definition) is 4. The third-order valence-corrected chi connectivity index (χ3v) is 4.89. The minimum atomic E-state index is -0.696. The van der Waals surface area contributed by atoms with E-state index in [0.717, 1.165) is 11.1 Å². The van der Waals surface area contributed by atoms with Gasteiger partial charge in [0.25, 0.3) is 11.7 Å². The predicted molar refractivity (Wildman–Crippen MR) is 104 cm³/mol. The van der Waals surface area contributed by atoms with Gasteiger partial charge in [-0.05, 0) is 24.6 Å². The molecule has 140 valence electrons. The molecule has 2 aromatic carbocycles. The van der Waals surface area contributed by atoms with Crippen molar-refractivity contribution in [3.05, 3.63) is 101 Å². The molecule has 1 aromatic heterocycles. The summed E-state index contributed by atoms with van der Waals surface area (Å²) in [5.41, 5.74) is 2.38. The number of ketones is 1. The van der Waals surface area contributed by atoms with Crippen LogP contribution in [0.4, 0.5) is 0 Å². The molecule has 1 aliphatic heterocycles. The SMILES string of the molecule is Cc1ccc(/C(O)=C2\C(=O)C(=O)N(Cc3ccco3)C2c2ccccc2)cc1. The first-order valence-electron chi connectivity index (χ1n) is 8.99. The second-order valence-corrected chi connectivity index (χ2v) is 6.78. The lowest BCUT2D eigenvalue weighted by molar-refractivity contribution is -0.140. The zero-order valence-corrected chi connectivity index (χ0v) is 15.3. The smallest absolute Gasteiger partial charge is 0.296 e. The molecule has 1 atom stereocenters. The van der Waals surface area contributed by atoms with Gasteiger partial charge < -0.3 is 14.4 Å². The Hall–Kier alpha value is -3.60. The van der Waals surface area contributed by atoms with Crippen LogP contribution in [0.2, 0.25) is 0 Å². The number of rotatable bonds is 4. The number of furan rings is 1. The summed E-state index contributed by atoms with van der Waals surface area (Å²) in [6, 6.07) is 19.2. The summed E-state index contributed by atoms with van der Waals surface area (Å²) in [5.74, 6) is -0.954. The van der Waals surface area contributed by atoms with Crippen LogP contribution in [0, 0.1) is 6.92 Å². The fourth-order valence-corrected chi connectivity index (χ4v) is 3.46. The van der Waals surface area contributed by atoms with E-state index < -0.39 is 17.7 Å². The third-order valence-electron chi connectivity index (χ3n) is 4.89. The maximum Gasteiger partial charge on any atom is 0.296 e. The topological polar surface area (TPSA) is 70.8 Å². The highest BCUT2D eigenvalue weighted by atomic mass is 16.3. The van der Waals surface area contributed by atoms with Crippen molar-refractivity contribution in [3.63, 3.8) is 0 Å². The average Bonchev–Trinajstić information content (AvgIpc) is 3.31.